The van der Waals surface area contributed by atoms with Gasteiger partial charge in [0.05, 0.1) is 24.1 Å². The number of hydrogen-bond acceptors (Lipinski definition) is 6. The number of nitrogens with one attached hydrogen (secondary N) is 1. The zero-order valence-corrected chi connectivity index (χ0v) is 15.7. The highest BCUT2D eigenvalue weighted by Gasteiger charge is 2.13. The Morgan fingerprint density at radius 1 is 1.40 bits per heavy atom. The van der Waals surface area contributed by atoms with Crippen molar-refractivity contribution in [3.05, 3.63) is 45.6 Å². The third kappa shape index (κ3) is 3.69. The number of thiophene rings is 1. The highest BCUT2D eigenvalue weighted by molar-refractivity contribution is 7.99. The van der Waals surface area contributed by atoms with E-state index < -0.39 is 0 Å². The molecule has 0 unspecified atom stereocenters. The van der Waals surface area contributed by atoms with Crippen LogP contribution in [-0.4, -0.2) is 28.3 Å². The summed E-state index contributed by atoms with van der Waals surface area (Å²) >= 11 is 2.60. The lowest BCUT2D eigenvalue weighted by Crippen LogP contribution is -2.20. The van der Waals surface area contributed by atoms with E-state index in [2.05, 4.69) is 10.3 Å². The van der Waals surface area contributed by atoms with E-state index in [9.17, 15) is 9.59 Å². The molecule has 0 saturated heterocycles. The first-order valence-electron chi connectivity index (χ1n) is 7.51. The topological polar surface area (TPSA) is 73.2 Å². The van der Waals surface area contributed by atoms with Crippen LogP contribution >= 0.6 is 23.1 Å². The van der Waals surface area contributed by atoms with Crippen molar-refractivity contribution in [2.45, 2.75) is 12.1 Å². The van der Waals surface area contributed by atoms with Gasteiger partial charge in [-0.3, -0.25) is 14.2 Å². The summed E-state index contributed by atoms with van der Waals surface area (Å²) in [6, 6.07) is 7.39. The Morgan fingerprint density at radius 3 is 2.96 bits per heavy atom. The van der Waals surface area contributed by atoms with Crippen LogP contribution in [0.1, 0.15) is 5.56 Å². The molecule has 0 saturated carbocycles. The van der Waals surface area contributed by atoms with Crippen LogP contribution in [-0.2, 0) is 11.8 Å². The molecule has 1 aromatic carbocycles. The predicted molar refractivity (Wildman–Crippen MR) is 102 cm³/mol. The van der Waals surface area contributed by atoms with E-state index in [4.69, 9.17) is 4.74 Å². The molecule has 25 heavy (non-hydrogen) atoms. The molecule has 3 aromatic rings. The number of benzene rings is 1. The number of ether oxygens (including phenoxy) is 1. The first kappa shape index (κ1) is 17.5. The average Bonchev–Trinajstić information content (AvgIpc) is 3.05. The quantitative estimate of drug-likeness (QED) is 0.548. The number of hydrogen-bond donors (Lipinski definition) is 1. The molecule has 0 aliphatic carbocycles. The molecule has 6 nitrogen and oxygen atoms in total. The van der Waals surface area contributed by atoms with Crippen molar-refractivity contribution < 1.29 is 9.53 Å². The second kappa shape index (κ2) is 7.28. The lowest BCUT2D eigenvalue weighted by molar-refractivity contribution is -0.113. The van der Waals surface area contributed by atoms with Gasteiger partial charge in [-0.25, -0.2) is 4.98 Å². The van der Waals surface area contributed by atoms with Crippen LogP contribution in [0.2, 0.25) is 0 Å². The van der Waals surface area contributed by atoms with Gasteiger partial charge in [-0.15, -0.1) is 11.3 Å². The van der Waals surface area contributed by atoms with Gasteiger partial charge in [-0.1, -0.05) is 17.8 Å². The van der Waals surface area contributed by atoms with Gasteiger partial charge in [0, 0.05) is 7.05 Å². The molecular formula is C17H17N3O3S2. The van der Waals surface area contributed by atoms with Gasteiger partial charge in [0.15, 0.2) is 5.16 Å². The molecule has 130 valence electrons. The number of methoxy groups -OCH3 is 1. The van der Waals surface area contributed by atoms with Crippen molar-refractivity contribution in [3.63, 3.8) is 0 Å². The molecule has 2 heterocycles. The number of thioether (sulfide) groups is 1. The van der Waals surface area contributed by atoms with Crippen LogP contribution in [0.4, 0.5) is 5.69 Å². The Morgan fingerprint density at radius 2 is 2.20 bits per heavy atom. The smallest absolute Gasteiger partial charge is 0.271 e. The van der Waals surface area contributed by atoms with E-state index in [-0.39, 0.29) is 17.2 Å². The minimum absolute atomic E-state index is 0.0942. The van der Waals surface area contributed by atoms with Crippen LogP contribution in [0.3, 0.4) is 0 Å². The summed E-state index contributed by atoms with van der Waals surface area (Å²) in [5.74, 6) is 0.565. The Hall–Kier alpha value is -2.32. The van der Waals surface area contributed by atoms with Gasteiger partial charge in [0.1, 0.15) is 10.4 Å². The van der Waals surface area contributed by atoms with Crippen molar-refractivity contribution in [2.75, 3.05) is 18.2 Å². The number of aryl methyl sites for hydroxylation is 1. The fourth-order valence-corrected chi connectivity index (χ4v) is 3.91. The number of fused-ring (bicyclic) bond motifs is 1. The predicted octanol–water partition coefficient (Wildman–Crippen LogP) is 3.04. The highest BCUT2D eigenvalue weighted by atomic mass is 32.2. The SMILES string of the molecule is COc1ccc(C)cc1NC(=O)CSc1nc2ccsc2c(=O)n1C. The number of anilines is 1. The van der Waals surface area contributed by atoms with Crippen molar-refractivity contribution in [3.8, 4) is 5.75 Å². The van der Waals surface area contributed by atoms with Gasteiger partial charge in [-0.05, 0) is 36.1 Å². The fourth-order valence-electron chi connectivity index (χ4n) is 2.33. The molecule has 0 radical (unpaired) electrons. The minimum atomic E-state index is -0.187. The Balaban J connectivity index is 1.74. The van der Waals surface area contributed by atoms with Crippen LogP contribution in [0.15, 0.2) is 39.6 Å². The molecule has 8 heteroatoms. The number of nitrogens with zero attached hydrogens (tertiary/aromatic N) is 2. The van der Waals surface area contributed by atoms with Crippen LogP contribution in [0, 0.1) is 6.92 Å². The highest BCUT2D eigenvalue weighted by Crippen LogP contribution is 2.26. The van der Waals surface area contributed by atoms with E-state index in [1.54, 1.807) is 14.2 Å². The maximum Gasteiger partial charge on any atom is 0.271 e. The largest absolute Gasteiger partial charge is 0.495 e. The van der Waals surface area contributed by atoms with E-state index >= 15 is 0 Å². The summed E-state index contributed by atoms with van der Waals surface area (Å²) in [7, 11) is 3.23. The zero-order chi connectivity index (χ0) is 18.0. The lowest BCUT2D eigenvalue weighted by Gasteiger charge is -2.11. The fraction of sp³-hybridized carbons (Fsp3) is 0.235. The Bertz CT molecular complexity index is 994. The maximum absolute atomic E-state index is 12.3. The third-order valence-corrected chi connectivity index (χ3v) is 5.53. The summed E-state index contributed by atoms with van der Waals surface area (Å²) in [4.78, 5) is 29.0. The maximum atomic E-state index is 12.3. The Kier molecular flexibility index (Phi) is 5.10. The number of carbonyl (C=O) groups excluding carboxylic acids is 1. The molecular weight excluding hydrogens is 358 g/mol. The van der Waals surface area contributed by atoms with Gasteiger partial charge in [-0.2, -0.15) is 0 Å². The van der Waals surface area contributed by atoms with Crippen molar-refractivity contribution in [2.24, 2.45) is 7.05 Å². The standard InChI is InChI=1S/C17H17N3O3S2/c1-10-4-5-13(23-3)12(8-10)18-14(21)9-25-17-19-11-6-7-24-15(11)16(22)20(17)2/h4-8H,9H2,1-3H3,(H,18,21). The summed E-state index contributed by atoms with van der Waals surface area (Å²) in [6.45, 7) is 1.94. The number of aromatic nitrogens is 2. The van der Waals surface area contributed by atoms with E-state index in [1.165, 1.54) is 27.7 Å². The van der Waals surface area contributed by atoms with E-state index in [1.807, 2.05) is 36.6 Å². The first-order chi connectivity index (χ1) is 12.0. The zero-order valence-electron chi connectivity index (χ0n) is 14.0. The van der Waals surface area contributed by atoms with Crippen LogP contribution in [0.25, 0.3) is 10.2 Å². The van der Waals surface area contributed by atoms with Crippen molar-refractivity contribution >= 4 is 44.9 Å². The molecule has 2 aromatic heterocycles. The van der Waals surface area contributed by atoms with Gasteiger partial charge in [0.2, 0.25) is 5.91 Å². The molecule has 0 atom stereocenters. The van der Waals surface area contributed by atoms with E-state index in [0.29, 0.717) is 26.8 Å². The van der Waals surface area contributed by atoms with Crippen LogP contribution in [0.5, 0.6) is 5.75 Å². The third-order valence-electron chi connectivity index (χ3n) is 3.61. The monoisotopic (exact) mass is 375 g/mol. The molecule has 1 N–H and O–H groups in total. The second-order valence-corrected chi connectivity index (χ2v) is 7.29. The van der Waals surface area contributed by atoms with Crippen molar-refractivity contribution in [1.82, 2.24) is 9.55 Å². The van der Waals surface area contributed by atoms with Gasteiger partial charge in [0.25, 0.3) is 5.56 Å². The molecule has 0 bridgehead atoms. The molecule has 0 aliphatic rings. The minimum Gasteiger partial charge on any atom is -0.495 e. The summed E-state index contributed by atoms with van der Waals surface area (Å²) < 4.78 is 7.36. The van der Waals surface area contributed by atoms with Gasteiger partial charge >= 0.3 is 0 Å². The molecule has 3 rings (SSSR count). The number of rotatable bonds is 5. The summed E-state index contributed by atoms with van der Waals surface area (Å²) in [6.07, 6.45) is 0. The molecule has 1 amide bonds. The molecule has 0 aliphatic heterocycles. The second-order valence-electron chi connectivity index (χ2n) is 5.43. The average molecular weight is 375 g/mol. The van der Waals surface area contributed by atoms with Gasteiger partial charge < -0.3 is 10.1 Å². The lowest BCUT2D eigenvalue weighted by atomic mass is 10.2. The van der Waals surface area contributed by atoms with Crippen LogP contribution < -0.4 is 15.6 Å². The summed E-state index contributed by atoms with van der Waals surface area (Å²) in [5, 5.41) is 5.19. The van der Waals surface area contributed by atoms with Crippen molar-refractivity contribution in [1.29, 1.82) is 0 Å². The summed E-state index contributed by atoms with van der Waals surface area (Å²) in [5.41, 5.74) is 2.22. The molecule has 0 fully saturated rings. The number of carbonyl (C=O) groups is 1. The van der Waals surface area contributed by atoms with E-state index in [0.717, 1.165) is 5.56 Å². The molecule has 0 spiro atoms. The number of amides is 1. The Labute approximate surface area is 152 Å². The normalized spacial score (nSPS) is 10.8. The first-order valence-corrected chi connectivity index (χ1v) is 9.37.